The molecule has 0 aliphatic carbocycles. The van der Waals surface area contributed by atoms with Crippen molar-refractivity contribution in [3.05, 3.63) is 64.7 Å². The van der Waals surface area contributed by atoms with Crippen molar-refractivity contribution >= 4 is 39.2 Å². The van der Waals surface area contributed by atoms with E-state index in [1.54, 1.807) is 28.0 Å². The van der Waals surface area contributed by atoms with Crippen LogP contribution in [0.5, 0.6) is 0 Å². The molecule has 124 valence electrons. The molecule has 0 saturated heterocycles. The normalized spacial score (nSPS) is 10.9. The molecule has 0 bridgehead atoms. The van der Waals surface area contributed by atoms with Crippen LogP contribution < -0.4 is 0 Å². The van der Waals surface area contributed by atoms with Crippen LogP contribution in [0.3, 0.4) is 0 Å². The number of hydrogen-bond acceptors (Lipinski definition) is 4. The van der Waals surface area contributed by atoms with Crippen molar-refractivity contribution in [1.29, 1.82) is 0 Å². The molecular formula is C19H20N2OS2. The van der Waals surface area contributed by atoms with Gasteiger partial charge in [0.2, 0.25) is 5.91 Å². The molecule has 0 N–H and O–H groups in total. The van der Waals surface area contributed by atoms with Crippen LogP contribution in [0.4, 0.5) is 0 Å². The van der Waals surface area contributed by atoms with E-state index in [0.717, 1.165) is 16.3 Å². The first-order chi connectivity index (χ1) is 11.6. The average Bonchev–Trinajstić information content (AvgIpc) is 2.99. The van der Waals surface area contributed by atoms with Crippen LogP contribution in [0.2, 0.25) is 0 Å². The molecule has 1 heterocycles. The molecule has 0 spiro atoms. The van der Waals surface area contributed by atoms with Gasteiger partial charge >= 0.3 is 0 Å². The third-order valence-corrected chi connectivity index (χ3v) is 6.03. The van der Waals surface area contributed by atoms with Crippen LogP contribution >= 0.6 is 23.1 Å². The first-order valence-corrected chi connectivity index (χ1v) is 9.81. The zero-order valence-corrected chi connectivity index (χ0v) is 15.5. The summed E-state index contributed by atoms with van der Waals surface area (Å²) in [5, 5.41) is 1.08. The van der Waals surface area contributed by atoms with Gasteiger partial charge in [-0.3, -0.25) is 4.79 Å². The van der Waals surface area contributed by atoms with Gasteiger partial charge < -0.3 is 4.90 Å². The van der Waals surface area contributed by atoms with E-state index in [0.29, 0.717) is 12.3 Å². The van der Waals surface area contributed by atoms with E-state index >= 15 is 0 Å². The van der Waals surface area contributed by atoms with Gasteiger partial charge in [0.25, 0.3) is 0 Å². The maximum atomic E-state index is 12.3. The summed E-state index contributed by atoms with van der Waals surface area (Å²) in [5.41, 5.74) is 3.46. The number of fused-ring (bicyclic) bond motifs is 1. The SMILES string of the molecule is Cc1ccccc1CN(C)C(=O)CSCc1nc2ccccc2s1. The summed E-state index contributed by atoms with van der Waals surface area (Å²) in [6, 6.07) is 16.3. The molecule has 24 heavy (non-hydrogen) atoms. The molecule has 1 aromatic heterocycles. The van der Waals surface area contributed by atoms with Crippen molar-refractivity contribution in [3.8, 4) is 0 Å². The van der Waals surface area contributed by atoms with Crippen LogP contribution in [0.25, 0.3) is 10.2 Å². The Hall–Kier alpha value is -1.85. The Morgan fingerprint density at radius 2 is 1.92 bits per heavy atom. The number of para-hydroxylation sites is 1. The Balaban J connectivity index is 1.50. The Labute approximate surface area is 150 Å². The molecule has 2 aromatic carbocycles. The molecule has 5 heteroatoms. The largest absolute Gasteiger partial charge is 0.341 e. The maximum Gasteiger partial charge on any atom is 0.232 e. The second-order valence-electron chi connectivity index (χ2n) is 5.74. The van der Waals surface area contributed by atoms with Crippen LogP contribution in [0, 0.1) is 6.92 Å². The van der Waals surface area contributed by atoms with Gasteiger partial charge in [-0.05, 0) is 30.2 Å². The summed E-state index contributed by atoms with van der Waals surface area (Å²) < 4.78 is 1.20. The van der Waals surface area contributed by atoms with Gasteiger partial charge in [0, 0.05) is 19.3 Å². The highest BCUT2D eigenvalue weighted by molar-refractivity contribution is 7.99. The number of carbonyl (C=O) groups excluding carboxylic acids is 1. The molecule has 0 aliphatic rings. The van der Waals surface area contributed by atoms with E-state index < -0.39 is 0 Å². The van der Waals surface area contributed by atoms with Crippen LogP contribution in [0.1, 0.15) is 16.1 Å². The lowest BCUT2D eigenvalue weighted by atomic mass is 10.1. The minimum Gasteiger partial charge on any atom is -0.341 e. The summed E-state index contributed by atoms with van der Waals surface area (Å²) in [4.78, 5) is 18.7. The molecule has 0 fully saturated rings. The summed E-state index contributed by atoms with van der Waals surface area (Å²) in [7, 11) is 1.87. The zero-order valence-electron chi connectivity index (χ0n) is 13.9. The fraction of sp³-hybridized carbons (Fsp3) is 0.263. The molecule has 0 saturated carbocycles. The molecule has 0 unspecified atom stereocenters. The number of aromatic nitrogens is 1. The van der Waals surface area contributed by atoms with Gasteiger partial charge in [-0.15, -0.1) is 23.1 Å². The van der Waals surface area contributed by atoms with Crippen molar-refractivity contribution in [2.75, 3.05) is 12.8 Å². The molecule has 3 nitrogen and oxygen atoms in total. The monoisotopic (exact) mass is 356 g/mol. The lowest BCUT2D eigenvalue weighted by Crippen LogP contribution is -2.28. The van der Waals surface area contributed by atoms with Crippen molar-refractivity contribution < 1.29 is 4.79 Å². The topological polar surface area (TPSA) is 33.2 Å². The van der Waals surface area contributed by atoms with Gasteiger partial charge in [0.05, 0.1) is 16.0 Å². The van der Waals surface area contributed by atoms with E-state index in [-0.39, 0.29) is 5.91 Å². The number of thiazole rings is 1. The van der Waals surface area contributed by atoms with Gasteiger partial charge in [0.1, 0.15) is 5.01 Å². The maximum absolute atomic E-state index is 12.3. The number of hydrogen-bond donors (Lipinski definition) is 0. The molecule has 0 radical (unpaired) electrons. The Morgan fingerprint density at radius 1 is 1.17 bits per heavy atom. The summed E-state index contributed by atoms with van der Waals surface area (Å²) >= 11 is 3.33. The second kappa shape index (κ2) is 7.81. The van der Waals surface area contributed by atoms with Crippen molar-refractivity contribution in [2.45, 2.75) is 19.2 Å². The molecule has 3 rings (SSSR count). The highest BCUT2D eigenvalue weighted by Crippen LogP contribution is 2.24. The highest BCUT2D eigenvalue weighted by Gasteiger charge is 2.11. The minimum atomic E-state index is 0.157. The van der Waals surface area contributed by atoms with Gasteiger partial charge in [-0.1, -0.05) is 36.4 Å². The number of benzene rings is 2. The van der Waals surface area contributed by atoms with Crippen molar-refractivity contribution in [2.24, 2.45) is 0 Å². The summed E-state index contributed by atoms with van der Waals surface area (Å²) in [6.45, 7) is 2.74. The Kier molecular flexibility index (Phi) is 5.53. The Bertz CT molecular complexity index is 811. The predicted molar refractivity (Wildman–Crippen MR) is 103 cm³/mol. The quantitative estimate of drug-likeness (QED) is 0.652. The molecular weight excluding hydrogens is 336 g/mol. The lowest BCUT2D eigenvalue weighted by Gasteiger charge is -2.18. The van der Waals surface area contributed by atoms with Gasteiger partial charge in [-0.2, -0.15) is 0 Å². The van der Waals surface area contributed by atoms with E-state index in [9.17, 15) is 4.79 Å². The highest BCUT2D eigenvalue weighted by atomic mass is 32.2. The standard InChI is InChI=1S/C19H20N2OS2/c1-14-7-3-4-8-15(14)11-21(2)19(22)13-23-12-18-20-16-9-5-6-10-17(16)24-18/h3-10H,11-13H2,1-2H3. The molecule has 3 aromatic rings. The smallest absolute Gasteiger partial charge is 0.232 e. The zero-order chi connectivity index (χ0) is 16.9. The van der Waals surface area contributed by atoms with E-state index in [2.05, 4.69) is 30.1 Å². The minimum absolute atomic E-state index is 0.157. The fourth-order valence-corrected chi connectivity index (χ4v) is 4.43. The van der Waals surface area contributed by atoms with Gasteiger partial charge in [-0.25, -0.2) is 4.98 Å². The van der Waals surface area contributed by atoms with Crippen LogP contribution in [-0.4, -0.2) is 28.6 Å². The molecule has 1 amide bonds. The number of carbonyl (C=O) groups is 1. The third kappa shape index (κ3) is 4.16. The van der Waals surface area contributed by atoms with Crippen molar-refractivity contribution in [3.63, 3.8) is 0 Å². The Morgan fingerprint density at radius 3 is 2.71 bits per heavy atom. The summed E-state index contributed by atoms with van der Waals surface area (Å²) in [5.74, 6) is 1.42. The first kappa shape index (κ1) is 17.0. The van der Waals surface area contributed by atoms with E-state index in [4.69, 9.17) is 0 Å². The third-order valence-electron chi connectivity index (χ3n) is 3.88. The summed E-state index contributed by atoms with van der Waals surface area (Å²) in [6.07, 6.45) is 0. The number of nitrogens with zero attached hydrogens (tertiary/aromatic N) is 2. The van der Waals surface area contributed by atoms with E-state index in [1.165, 1.54) is 15.8 Å². The predicted octanol–water partition coefficient (Wildman–Crippen LogP) is 4.50. The number of thioether (sulfide) groups is 1. The van der Waals surface area contributed by atoms with E-state index in [1.807, 2.05) is 37.4 Å². The van der Waals surface area contributed by atoms with Crippen molar-refractivity contribution in [1.82, 2.24) is 9.88 Å². The second-order valence-corrected chi connectivity index (χ2v) is 7.85. The van der Waals surface area contributed by atoms with Gasteiger partial charge in [0.15, 0.2) is 0 Å². The molecule has 0 aliphatic heterocycles. The number of aryl methyl sites for hydroxylation is 1. The number of amides is 1. The molecule has 0 atom stereocenters. The first-order valence-electron chi connectivity index (χ1n) is 7.84. The number of rotatable bonds is 6. The van der Waals surface area contributed by atoms with Crippen LogP contribution in [0.15, 0.2) is 48.5 Å². The fourth-order valence-electron chi connectivity index (χ4n) is 2.45. The average molecular weight is 357 g/mol. The lowest BCUT2D eigenvalue weighted by molar-refractivity contribution is -0.127. The van der Waals surface area contributed by atoms with Crippen LogP contribution in [-0.2, 0) is 17.1 Å².